The quantitative estimate of drug-likeness (QED) is 0.617. The summed E-state index contributed by atoms with van der Waals surface area (Å²) < 4.78 is 0. The number of nitriles is 1. The van der Waals surface area contributed by atoms with Crippen LogP contribution < -0.4 is 5.01 Å². The summed E-state index contributed by atoms with van der Waals surface area (Å²) in [5.41, 5.74) is 3.54. The van der Waals surface area contributed by atoms with Crippen molar-refractivity contribution in [3.63, 3.8) is 0 Å². The first kappa shape index (κ1) is 20.5. The third kappa shape index (κ3) is 3.70. The fourth-order valence-electron chi connectivity index (χ4n) is 4.16. The highest BCUT2D eigenvalue weighted by Crippen LogP contribution is 2.45. The van der Waals surface area contributed by atoms with E-state index in [0.29, 0.717) is 17.2 Å². The van der Waals surface area contributed by atoms with Crippen LogP contribution in [0.3, 0.4) is 0 Å². The van der Waals surface area contributed by atoms with Crippen LogP contribution in [0, 0.1) is 28.6 Å². The summed E-state index contributed by atoms with van der Waals surface area (Å²) in [5.74, 6) is -0.00878. The van der Waals surface area contributed by atoms with Gasteiger partial charge in [0.2, 0.25) is 0 Å². The number of hydrogen-bond acceptors (Lipinski definition) is 5. The van der Waals surface area contributed by atoms with Gasteiger partial charge in [0, 0.05) is 11.1 Å². The van der Waals surface area contributed by atoms with Gasteiger partial charge in [-0.2, -0.15) is 15.4 Å². The van der Waals surface area contributed by atoms with E-state index < -0.39 is 5.92 Å². The molecule has 2 heterocycles. The number of carbonyl (C=O) groups is 1. The summed E-state index contributed by atoms with van der Waals surface area (Å²) in [6.45, 7) is 8.70. The van der Waals surface area contributed by atoms with E-state index in [4.69, 9.17) is 0 Å². The van der Waals surface area contributed by atoms with Crippen LogP contribution >= 0.6 is 11.3 Å². The molecule has 2 aromatic rings. The Balaban J connectivity index is 1.58. The van der Waals surface area contributed by atoms with Crippen LogP contribution in [0.5, 0.6) is 0 Å². The van der Waals surface area contributed by atoms with Gasteiger partial charge in [0.05, 0.1) is 17.0 Å². The van der Waals surface area contributed by atoms with E-state index in [9.17, 15) is 10.1 Å². The van der Waals surface area contributed by atoms with Gasteiger partial charge in [0.25, 0.3) is 5.91 Å². The molecule has 30 heavy (non-hydrogen) atoms. The minimum atomic E-state index is -0.502. The maximum atomic E-state index is 12.9. The average Bonchev–Trinajstić information content (AvgIpc) is 3.22. The Labute approximate surface area is 181 Å². The van der Waals surface area contributed by atoms with Crippen molar-refractivity contribution in [3.05, 3.63) is 46.3 Å². The normalized spacial score (nSPS) is 21.6. The van der Waals surface area contributed by atoms with Crippen molar-refractivity contribution in [1.82, 2.24) is 0 Å². The topological polar surface area (TPSA) is 68.8 Å². The fraction of sp³-hybridized carbons (Fsp3) is 0.417. The van der Waals surface area contributed by atoms with Gasteiger partial charge < -0.3 is 0 Å². The number of anilines is 1. The summed E-state index contributed by atoms with van der Waals surface area (Å²) in [6, 6.07) is 11.8. The third-order valence-corrected chi connectivity index (χ3v) is 7.27. The molecule has 2 aliphatic rings. The molecule has 0 N–H and O–H groups in total. The number of hydrazone groups is 1. The van der Waals surface area contributed by atoms with E-state index in [0.717, 1.165) is 35.5 Å². The van der Waals surface area contributed by atoms with Gasteiger partial charge >= 0.3 is 0 Å². The Morgan fingerprint density at radius 2 is 2.03 bits per heavy atom. The van der Waals surface area contributed by atoms with Gasteiger partial charge in [0.15, 0.2) is 0 Å². The Bertz CT molecular complexity index is 1070. The number of nitrogens with zero attached hydrogens (tertiary/aromatic N) is 4. The van der Waals surface area contributed by atoms with Crippen molar-refractivity contribution in [1.29, 1.82) is 5.26 Å². The second kappa shape index (κ2) is 7.81. The minimum Gasteiger partial charge on any atom is -0.271 e. The first-order valence-electron chi connectivity index (χ1n) is 10.3. The monoisotopic (exact) mass is 418 g/mol. The molecule has 0 saturated heterocycles. The lowest BCUT2D eigenvalue weighted by Gasteiger charge is -2.33. The number of hydrogen-bond donors (Lipinski definition) is 0. The maximum Gasteiger partial charge on any atom is 0.261 e. The highest BCUT2D eigenvalue weighted by Gasteiger charge is 2.34. The Kier molecular flexibility index (Phi) is 5.33. The molecule has 1 aliphatic carbocycles. The highest BCUT2D eigenvalue weighted by molar-refractivity contribution is 7.16. The molecule has 1 aromatic carbocycles. The summed E-state index contributed by atoms with van der Waals surface area (Å²) in [6.07, 6.45) is 4.68. The molecule has 1 aromatic heterocycles. The molecule has 6 heteroatoms. The molecule has 1 aliphatic heterocycles. The molecule has 4 rings (SSSR count). The van der Waals surface area contributed by atoms with E-state index in [1.165, 1.54) is 9.89 Å². The number of benzene rings is 1. The molecule has 0 fully saturated rings. The third-order valence-electron chi connectivity index (χ3n) is 6.11. The van der Waals surface area contributed by atoms with Gasteiger partial charge in [0.1, 0.15) is 17.0 Å². The first-order chi connectivity index (χ1) is 14.3. The molecule has 5 nitrogen and oxygen atoms in total. The van der Waals surface area contributed by atoms with Crippen molar-refractivity contribution in [2.75, 3.05) is 5.01 Å². The maximum absolute atomic E-state index is 12.9. The van der Waals surface area contributed by atoms with E-state index in [1.807, 2.05) is 37.3 Å². The van der Waals surface area contributed by atoms with Crippen molar-refractivity contribution in [2.45, 2.75) is 47.0 Å². The summed E-state index contributed by atoms with van der Waals surface area (Å²) >= 11 is 1.60. The lowest BCUT2D eigenvalue weighted by atomic mass is 9.72. The fourth-order valence-corrected chi connectivity index (χ4v) is 5.39. The molecular formula is C24H26N4OS. The largest absolute Gasteiger partial charge is 0.271 e. The lowest BCUT2D eigenvalue weighted by molar-refractivity contribution is -0.118. The Hall–Kier alpha value is -2.78. The van der Waals surface area contributed by atoms with Crippen LogP contribution in [0.25, 0.3) is 0 Å². The number of rotatable bonds is 3. The molecule has 0 unspecified atom stereocenters. The molecule has 0 spiro atoms. The van der Waals surface area contributed by atoms with E-state index in [1.54, 1.807) is 17.6 Å². The van der Waals surface area contributed by atoms with Gasteiger partial charge in [-0.3, -0.25) is 4.79 Å². The molecule has 1 amide bonds. The van der Waals surface area contributed by atoms with Crippen LogP contribution in [0.1, 0.15) is 50.1 Å². The predicted molar refractivity (Wildman–Crippen MR) is 123 cm³/mol. The Morgan fingerprint density at radius 1 is 1.30 bits per heavy atom. The van der Waals surface area contributed by atoms with Crippen molar-refractivity contribution in [3.8, 4) is 6.07 Å². The smallest absolute Gasteiger partial charge is 0.261 e. The lowest BCUT2D eigenvalue weighted by Crippen LogP contribution is -2.27. The van der Waals surface area contributed by atoms with E-state index in [2.05, 4.69) is 36.9 Å². The molecular weight excluding hydrogens is 392 g/mol. The number of thiophene rings is 1. The van der Waals surface area contributed by atoms with Crippen LogP contribution in [0.4, 0.5) is 10.7 Å². The van der Waals surface area contributed by atoms with Gasteiger partial charge in [-0.05, 0) is 55.2 Å². The number of para-hydroxylation sites is 1. The first-order valence-corrected chi connectivity index (χ1v) is 11.1. The molecule has 0 radical (unpaired) electrons. The van der Waals surface area contributed by atoms with Crippen molar-refractivity contribution < 1.29 is 4.79 Å². The number of carbonyl (C=O) groups excluding carboxylic acids is 1. The van der Waals surface area contributed by atoms with Crippen LogP contribution in [0.2, 0.25) is 0 Å². The van der Waals surface area contributed by atoms with Crippen LogP contribution in [0.15, 0.2) is 40.4 Å². The molecule has 154 valence electrons. The molecule has 2 atom stereocenters. The van der Waals surface area contributed by atoms with Crippen molar-refractivity contribution in [2.24, 2.45) is 27.3 Å². The van der Waals surface area contributed by atoms with Crippen LogP contribution in [-0.2, 0) is 17.6 Å². The molecule has 0 saturated carbocycles. The zero-order chi connectivity index (χ0) is 21.5. The van der Waals surface area contributed by atoms with Crippen molar-refractivity contribution >= 4 is 39.9 Å². The summed E-state index contributed by atoms with van der Waals surface area (Å²) in [5, 5.41) is 16.3. The highest BCUT2D eigenvalue weighted by atomic mass is 32.1. The zero-order valence-electron chi connectivity index (χ0n) is 17.8. The standard InChI is InChI=1S/C24H26N4OS/c1-15-20(23(29)28(27-15)17-8-6-5-7-9-17)14-26-22-19(13-25)18-11-10-16(24(2,3)4)12-21(18)30-22/h5-9,14,16,20H,10-12H2,1-4H3/t16-,20-/m1/s1. The second-order valence-corrected chi connectivity index (χ2v) is 10.2. The van der Waals surface area contributed by atoms with Gasteiger partial charge in [-0.25, -0.2) is 4.99 Å². The SMILES string of the molecule is CC1=NN(c2ccccc2)C(=O)[C@@H]1C=Nc1sc2c(c1C#N)CC[C@@H](C(C)(C)C)C2. The number of fused-ring (bicyclic) bond motifs is 1. The minimum absolute atomic E-state index is 0.116. The number of aliphatic imine (C=N–C) groups is 1. The number of amides is 1. The van der Waals surface area contributed by atoms with Crippen LogP contribution in [-0.4, -0.2) is 17.8 Å². The molecule has 0 bridgehead atoms. The van der Waals surface area contributed by atoms with Gasteiger partial charge in [-0.1, -0.05) is 39.0 Å². The van der Waals surface area contributed by atoms with Gasteiger partial charge in [-0.15, -0.1) is 11.3 Å². The van der Waals surface area contributed by atoms with E-state index >= 15 is 0 Å². The van der Waals surface area contributed by atoms with E-state index in [-0.39, 0.29) is 11.3 Å². The summed E-state index contributed by atoms with van der Waals surface area (Å²) in [4.78, 5) is 18.8. The average molecular weight is 419 g/mol. The Morgan fingerprint density at radius 3 is 2.70 bits per heavy atom. The second-order valence-electron chi connectivity index (χ2n) is 9.08. The zero-order valence-corrected chi connectivity index (χ0v) is 18.7. The predicted octanol–water partition coefficient (Wildman–Crippen LogP) is 5.51. The summed E-state index contributed by atoms with van der Waals surface area (Å²) in [7, 11) is 0.